The lowest BCUT2D eigenvalue weighted by molar-refractivity contribution is -0.115. The zero-order valence-electron chi connectivity index (χ0n) is 15.7. The first-order chi connectivity index (χ1) is 13.2. The Morgan fingerprint density at radius 3 is 1.56 bits per heavy atom. The van der Waals surface area contributed by atoms with Crippen molar-refractivity contribution in [2.75, 3.05) is 25.3 Å². The summed E-state index contributed by atoms with van der Waals surface area (Å²) >= 11 is 0. The van der Waals surface area contributed by atoms with Crippen LogP contribution in [-0.4, -0.2) is 30.3 Å². The number of nitrogens with two attached hydrogens (primary N) is 1. The fourth-order valence-electron chi connectivity index (χ4n) is 1.96. The molecule has 0 heterocycles. The molecule has 0 spiro atoms. The van der Waals surface area contributed by atoms with Crippen molar-refractivity contribution in [3.8, 4) is 0 Å². The minimum Gasteiger partial charge on any atom is -0.400 e. The normalized spacial score (nSPS) is 8.44. The predicted molar refractivity (Wildman–Crippen MR) is 112 cm³/mol. The third-order valence-electron chi connectivity index (χ3n) is 3.06. The first kappa shape index (κ1) is 23.9. The minimum atomic E-state index is 0.0115. The highest BCUT2D eigenvalue weighted by Gasteiger charge is 2.02. The Labute approximate surface area is 161 Å². The SMILES string of the molecule is CO.CO.Nc1ccccc1.O=C(Cc1ccccc1)Nc1ccccc1. The van der Waals surface area contributed by atoms with Crippen molar-refractivity contribution in [1.82, 2.24) is 0 Å². The van der Waals surface area contributed by atoms with Crippen LogP contribution in [0.2, 0.25) is 0 Å². The second-order valence-electron chi connectivity index (χ2n) is 4.99. The Morgan fingerprint density at radius 1 is 0.741 bits per heavy atom. The van der Waals surface area contributed by atoms with Crippen molar-refractivity contribution in [2.24, 2.45) is 0 Å². The van der Waals surface area contributed by atoms with Crippen molar-refractivity contribution in [2.45, 2.75) is 6.42 Å². The number of hydrogen-bond donors (Lipinski definition) is 4. The number of benzene rings is 3. The maximum absolute atomic E-state index is 11.7. The van der Waals surface area contributed by atoms with Crippen LogP contribution < -0.4 is 11.1 Å². The second kappa shape index (κ2) is 16.3. The van der Waals surface area contributed by atoms with Crippen molar-refractivity contribution < 1.29 is 15.0 Å². The van der Waals surface area contributed by atoms with Gasteiger partial charge in [0.15, 0.2) is 0 Å². The predicted octanol–water partition coefficient (Wildman–Crippen LogP) is 3.35. The van der Waals surface area contributed by atoms with Gasteiger partial charge in [0.25, 0.3) is 0 Å². The zero-order chi connectivity index (χ0) is 20.3. The molecule has 0 radical (unpaired) electrons. The highest BCUT2D eigenvalue weighted by Crippen LogP contribution is 2.06. The van der Waals surface area contributed by atoms with E-state index in [9.17, 15) is 4.79 Å². The van der Waals surface area contributed by atoms with Crippen LogP contribution in [0.5, 0.6) is 0 Å². The Kier molecular flexibility index (Phi) is 14.4. The fourth-order valence-corrected chi connectivity index (χ4v) is 1.96. The number of hydrogen-bond acceptors (Lipinski definition) is 4. The molecular weight excluding hydrogens is 340 g/mol. The molecule has 3 aromatic rings. The molecule has 5 nitrogen and oxygen atoms in total. The van der Waals surface area contributed by atoms with Gasteiger partial charge in [0, 0.05) is 25.6 Å². The summed E-state index contributed by atoms with van der Waals surface area (Å²) in [4.78, 5) is 11.7. The summed E-state index contributed by atoms with van der Waals surface area (Å²) in [6, 6.07) is 28.7. The van der Waals surface area contributed by atoms with E-state index in [2.05, 4.69) is 5.32 Å². The summed E-state index contributed by atoms with van der Waals surface area (Å²) in [5.41, 5.74) is 8.04. The zero-order valence-corrected chi connectivity index (χ0v) is 15.7. The van der Waals surface area contributed by atoms with Crippen LogP contribution in [0.15, 0.2) is 91.0 Å². The van der Waals surface area contributed by atoms with Crippen LogP contribution in [0.3, 0.4) is 0 Å². The summed E-state index contributed by atoms with van der Waals surface area (Å²) in [6.45, 7) is 0. The first-order valence-corrected chi connectivity index (χ1v) is 8.33. The summed E-state index contributed by atoms with van der Waals surface area (Å²) in [5.74, 6) is 0.0115. The van der Waals surface area contributed by atoms with Gasteiger partial charge < -0.3 is 21.3 Å². The maximum Gasteiger partial charge on any atom is 0.228 e. The van der Waals surface area contributed by atoms with Crippen LogP contribution in [0.25, 0.3) is 0 Å². The monoisotopic (exact) mass is 368 g/mol. The molecule has 0 aromatic heterocycles. The van der Waals surface area contributed by atoms with E-state index in [1.54, 1.807) is 0 Å². The fraction of sp³-hybridized carbons (Fsp3) is 0.136. The molecular formula is C22H28N2O3. The molecule has 0 aliphatic heterocycles. The number of rotatable bonds is 3. The molecule has 144 valence electrons. The van der Waals surface area contributed by atoms with Gasteiger partial charge in [-0.05, 0) is 29.8 Å². The van der Waals surface area contributed by atoms with Gasteiger partial charge in [-0.25, -0.2) is 0 Å². The number of aliphatic hydroxyl groups excluding tert-OH is 2. The van der Waals surface area contributed by atoms with Gasteiger partial charge in [0.2, 0.25) is 5.91 Å². The summed E-state index contributed by atoms with van der Waals surface area (Å²) in [5, 5.41) is 16.9. The molecule has 0 aliphatic rings. The molecule has 0 aliphatic carbocycles. The number of carbonyl (C=O) groups is 1. The quantitative estimate of drug-likeness (QED) is 0.533. The molecule has 5 N–H and O–H groups in total. The third kappa shape index (κ3) is 11.9. The van der Waals surface area contributed by atoms with Gasteiger partial charge in [-0.1, -0.05) is 66.7 Å². The van der Waals surface area contributed by atoms with Crippen LogP contribution >= 0.6 is 0 Å². The van der Waals surface area contributed by atoms with Crippen LogP contribution in [0.1, 0.15) is 5.56 Å². The van der Waals surface area contributed by atoms with Gasteiger partial charge in [-0.2, -0.15) is 0 Å². The summed E-state index contributed by atoms with van der Waals surface area (Å²) in [7, 11) is 2.00. The van der Waals surface area contributed by atoms with E-state index in [-0.39, 0.29) is 5.91 Å². The summed E-state index contributed by atoms with van der Waals surface area (Å²) in [6.07, 6.45) is 0.412. The van der Waals surface area contributed by atoms with Gasteiger partial charge >= 0.3 is 0 Å². The number of anilines is 2. The highest BCUT2D eigenvalue weighted by atomic mass is 16.2. The highest BCUT2D eigenvalue weighted by molar-refractivity contribution is 5.92. The van der Waals surface area contributed by atoms with E-state index >= 15 is 0 Å². The first-order valence-electron chi connectivity index (χ1n) is 8.33. The van der Waals surface area contributed by atoms with Crippen molar-refractivity contribution in [1.29, 1.82) is 0 Å². The molecule has 1 amide bonds. The summed E-state index contributed by atoms with van der Waals surface area (Å²) < 4.78 is 0. The number of para-hydroxylation sites is 2. The third-order valence-corrected chi connectivity index (χ3v) is 3.06. The molecule has 27 heavy (non-hydrogen) atoms. The van der Waals surface area contributed by atoms with E-state index in [4.69, 9.17) is 15.9 Å². The molecule has 3 rings (SSSR count). The Morgan fingerprint density at radius 2 is 1.15 bits per heavy atom. The van der Waals surface area contributed by atoms with E-state index in [0.29, 0.717) is 6.42 Å². The molecule has 0 saturated carbocycles. The van der Waals surface area contributed by atoms with E-state index in [0.717, 1.165) is 31.2 Å². The van der Waals surface area contributed by atoms with E-state index < -0.39 is 0 Å². The minimum absolute atomic E-state index is 0.0115. The number of nitrogen functional groups attached to an aromatic ring is 1. The number of aliphatic hydroxyl groups is 2. The number of amides is 1. The lowest BCUT2D eigenvalue weighted by Crippen LogP contribution is -2.14. The van der Waals surface area contributed by atoms with Crippen LogP contribution in [-0.2, 0) is 11.2 Å². The van der Waals surface area contributed by atoms with Gasteiger partial charge in [0.05, 0.1) is 6.42 Å². The average molecular weight is 368 g/mol. The van der Waals surface area contributed by atoms with Crippen molar-refractivity contribution in [3.63, 3.8) is 0 Å². The second-order valence-corrected chi connectivity index (χ2v) is 4.99. The molecule has 0 fully saturated rings. The largest absolute Gasteiger partial charge is 0.400 e. The molecule has 0 atom stereocenters. The van der Waals surface area contributed by atoms with E-state index in [1.807, 2.05) is 91.0 Å². The Hall–Kier alpha value is -3.15. The van der Waals surface area contributed by atoms with Crippen molar-refractivity contribution >= 4 is 17.3 Å². The maximum atomic E-state index is 11.7. The smallest absolute Gasteiger partial charge is 0.228 e. The molecule has 0 saturated heterocycles. The molecule has 5 heteroatoms. The number of nitrogens with one attached hydrogen (secondary N) is 1. The molecule has 0 unspecified atom stereocenters. The van der Waals surface area contributed by atoms with Crippen molar-refractivity contribution in [3.05, 3.63) is 96.6 Å². The van der Waals surface area contributed by atoms with Gasteiger partial charge in [0.1, 0.15) is 0 Å². The standard InChI is InChI=1S/C14H13NO.C6H7N.2CH4O/c16-14(11-12-7-3-1-4-8-12)15-13-9-5-2-6-10-13;7-6-4-2-1-3-5-6;2*1-2/h1-10H,11H2,(H,15,16);1-5H,7H2;2*2H,1H3. The van der Waals surface area contributed by atoms with Gasteiger partial charge in [-0.3, -0.25) is 4.79 Å². The Balaban J connectivity index is 0.000000514. The van der Waals surface area contributed by atoms with Crippen LogP contribution in [0, 0.1) is 0 Å². The molecule has 3 aromatic carbocycles. The lowest BCUT2D eigenvalue weighted by atomic mass is 10.1. The van der Waals surface area contributed by atoms with Gasteiger partial charge in [-0.15, -0.1) is 0 Å². The van der Waals surface area contributed by atoms with Crippen LogP contribution in [0.4, 0.5) is 11.4 Å². The Bertz CT molecular complexity index is 662. The topological polar surface area (TPSA) is 95.6 Å². The average Bonchev–Trinajstić information content (AvgIpc) is 2.73. The molecule has 0 bridgehead atoms. The lowest BCUT2D eigenvalue weighted by Gasteiger charge is -2.04. The van der Waals surface area contributed by atoms with E-state index in [1.165, 1.54) is 0 Å². The number of carbonyl (C=O) groups excluding carboxylic acids is 1.